The third kappa shape index (κ3) is 51.5. The van der Waals surface area contributed by atoms with E-state index in [9.17, 15) is 19.8 Å². The van der Waals surface area contributed by atoms with Gasteiger partial charge in [-0.3, -0.25) is 9.59 Å². The van der Waals surface area contributed by atoms with Gasteiger partial charge < -0.3 is 20.3 Å². The number of carbonyl (C=O) groups is 2. The molecule has 0 aliphatic heterocycles. The van der Waals surface area contributed by atoms with E-state index in [4.69, 9.17) is 4.74 Å². The van der Waals surface area contributed by atoms with Crippen molar-refractivity contribution in [1.29, 1.82) is 0 Å². The summed E-state index contributed by atoms with van der Waals surface area (Å²) >= 11 is 0. The minimum atomic E-state index is -0.852. The molecule has 0 bridgehead atoms. The number of amides is 1. The maximum atomic E-state index is 12.4. The second kappa shape index (κ2) is 55.7. The minimum Gasteiger partial charge on any atom is -0.466 e. The fraction of sp³-hybridized carbons (Fsp3) is 0.867. The van der Waals surface area contributed by atoms with Gasteiger partial charge in [0.1, 0.15) is 0 Å². The van der Waals surface area contributed by atoms with E-state index in [1.807, 2.05) is 6.08 Å². The summed E-state index contributed by atoms with van der Waals surface area (Å²) in [4.78, 5) is 24.5. The molecule has 0 aromatic carbocycles. The van der Waals surface area contributed by atoms with Gasteiger partial charge in [-0.25, -0.2) is 0 Å². The third-order valence-electron chi connectivity index (χ3n) is 13.4. The van der Waals surface area contributed by atoms with Crippen molar-refractivity contribution in [2.75, 3.05) is 13.2 Å². The average molecular weight is 929 g/mol. The molecule has 0 aromatic rings. The summed E-state index contributed by atoms with van der Waals surface area (Å²) in [6, 6.07) is -0.637. The average Bonchev–Trinajstić information content (AvgIpc) is 3.32. The Balaban J connectivity index is 3.47. The van der Waals surface area contributed by atoms with Crippen LogP contribution < -0.4 is 5.32 Å². The predicted molar refractivity (Wildman–Crippen MR) is 287 cm³/mol. The van der Waals surface area contributed by atoms with Gasteiger partial charge in [-0.05, 0) is 83.5 Å². The molecular formula is C60H113NO5. The lowest BCUT2D eigenvalue weighted by molar-refractivity contribution is -0.143. The molecule has 0 saturated heterocycles. The number of aliphatic hydroxyl groups excluding tert-OH is 2. The van der Waals surface area contributed by atoms with Crippen LogP contribution in [-0.4, -0.2) is 47.4 Å². The van der Waals surface area contributed by atoms with Crippen molar-refractivity contribution in [3.8, 4) is 0 Å². The Morgan fingerprint density at radius 1 is 0.409 bits per heavy atom. The number of nitrogens with one attached hydrogen (secondary N) is 1. The second-order valence-corrected chi connectivity index (χ2v) is 20.0. The summed E-state index contributed by atoms with van der Waals surface area (Å²) in [6.45, 7) is 4.88. The van der Waals surface area contributed by atoms with Crippen LogP contribution in [0.25, 0.3) is 0 Å². The molecule has 0 aliphatic rings. The van der Waals surface area contributed by atoms with Crippen LogP contribution in [0, 0.1) is 0 Å². The van der Waals surface area contributed by atoms with E-state index in [2.05, 4.69) is 43.5 Å². The molecule has 66 heavy (non-hydrogen) atoms. The molecule has 0 radical (unpaired) electrons. The molecule has 0 saturated carbocycles. The molecular weight excluding hydrogens is 815 g/mol. The zero-order chi connectivity index (χ0) is 47.9. The Morgan fingerprint density at radius 3 is 1.08 bits per heavy atom. The SMILES string of the molecule is CCCCCCCCC/C=C\CCCCCCCCCC(=O)OCCCCCCCC/C=C\CCCCCCCCCC(=O)NC(CO)C(O)/C=C/CCCCCCCCCCCCCC. The maximum Gasteiger partial charge on any atom is 0.305 e. The number of carbonyl (C=O) groups excluding carboxylic acids is 2. The highest BCUT2D eigenvalue weighted by Gasteiger charge is 2.18. The highest BCUT2D eigenvalue weighted by Crippen LogP contribution is 2.16. The third-order valence-corrected chi connectivity index (χ3v) is 13.4. The normalized spacial score (nSPS) is 12.8. The van der Waals surface area contributed by atoms with Crippen LogP contribution in [-0.2, 0) is 14.3 Å². The van der Waals surface area contributed by atoms with E-state index < -0.39 is 12.1 Å². The Morgan fingerprint density at radius 2 is 0.712 bits per heavy atom. The number of hydrogen-bond acceptors (Lipinski definition) is 5. The first kappa shape index (κ1) is 64.1. The van der Waals surface area contributed by atoms with Gasteiger partial charge >= 0.3 is 5.97 Å². The lowest BCUT2D eigenvalue weighted by Gasteiger charge is -2.20. The largest absolute Gasteiger partial charge is 0.466 e. The van der Waals surface area contributed by atoms with Gasteiger partial charge in [-0.2, -0.15) is 0 Å². The Kier molecular flexibility index (Phi) is 54.1. The molecule has 0 rings (SSSR count). The van der Waals surface area contributed by atoms with Crippen LogP contribution in [0.4, 0.5) is 0 Å². The van der Waals surface area contributed by atoms with Crippen molar-refractivity contribution in [3.63, 3.8) is 0 Å². The topological polar surface area (TPSA) is 95.9 Å². The van der Waals surface area contributed by atoms with E-state index >= 15 is 0 Å². The van der Waals surface area contributed by atoms with Crippen LogP contribution in [0.15, 0.2) is 36.5 Å². The number of aliphatic hydroxyl groups is 2. The number of hydrogen-bond donors (Lipinski definition) is 3. The predicted octanol–water partition coefficient (Wildman–Crippen LogP) is 18.0. The lowest BCUT2D eigenvalue weighted by Crippen LogP contribution is -2.45. The Labute approximate surface area is 411 Å². The maximum absolute atomic E-state index is 12.4. The highest BCUT2D eigenvalue weighted by molar-refractivity contribution is 5.76. The van der Waals surface area contributed by atoms with E-state index in [1.165, 1.54) is 225 Å². The van der Waals surface area contributed by atoms with E-state index in [-0.39, 0.29) is 18.5 Å². The number of unbranched alkanes of at least 4 members (excludes halogenated alkanes) is 39. The van der Waals surface area contributed by atoms with Gasteiger partial charge in [-0.15, -0.1) is 0 Å². The van der Waals surface area contributed by atoms with Crippen molar-refractivity contribution >= 4 is 11.9 Å². The molecule has 0 aliphatic carbocycles. The van der Waals surface area contributed by atoms with Gasteiger partial charge in [0.05, 0.1) is 25.4 Å². The standard InChI is InChI=1S/C60H113NO5/c1-3-5-7-9-11-13-15-17-19-20-23-26-30-34-38-42-46-50-54-60(65)66-55-51-47-43-39-35-31-27-24-21-22-25-29-33-37-41-45-49-53-59(64)61-57(56-62)58(63)52-48-44-40-36-32-28-18-16-14-12-10-8-6-4-2/h19-21,24,48,52,57-58,62-63H,3-18,22-23,25-47,49-51,53-56H2,1-2H3,(H,61,64)/b20-19-,24-21-,52-48+. The number of rotatable bonds is 54. The van der Waals surface area contributed by atoms with Gasteiger partial charge in [0.25, 0.3) is 0 Å². The van der Waals surface area contributed by atoms with Crippen LogP contribution in [0.5, 0.6) is 0 Å². The molecule has 388 valence electrons. The lowest BCUT2D eigenvalue weighted by atomic mass is 10.0. The first-order valence-electron chi connectivity index (χ1n) is 29.3. The zero-order valence-electron chi connectivity index (χ0n) is 44.2. The van der Waals surface area contributed by atoms with Crippen molar-refractivity contribution in [2.24, 2.45) is 0 Å². The first-order valence-corrected chi connectivity index (χ1v) is 29.3. The smallest absolute Gasteiger partial charge is 0.305 e. The molecule has 6 nitrogen and oxygen atoms in total. The summed E-state index contributed by atoms with van der Waals surface area (Å²) in [7, 11) is 0. The molecule has 0 spiro atoms. The van der Waals surface area contributed by atoms with E-state index in [0.29, 0.717) is 19.4 Å². The van der Waals surface area contributed by atoms with Gasteiger partial charge in [-0.1, -0.05) is 249 Å². The highest BCUT2D eigenvalue weighted by atomic mass is 16.5. The number of esters is 1. The molecule has 0 fully saturated rings. The molecule has 6 heteroatoms. The number of ether oxygens (including phenoxy) is 1. The fourth-order valence-corrected chi connectivity index (χ4v) is 8.86. The fourth-order valence-electron chi connectivity index (χ4n) is 8.86. The van der Waals surface area contributed by atoms with Crippen molar-refractivity contribution in [3.05, 3.63) is 36.5 Å². The molecule has 0 heterocycles. The molecule has 2 atom stereocenters. The Hall–Kier alpha value is -1.92. The monoisotopic (exact) mass is 928 g/mol. The van der Waals surface area contributed by atoms with Crippen molar-refractivity contribution < 1.29 is 24.5 Å². The summed E-state index contributed by atoms with van der Waals surface area (Å²) in [5, 5.41) is 23.1. The van der Waals surface area contributed by atoms with E-state index in [0.717, 1.165) is 57.8 Å². The van der Waals surface area contributed by atoms with Crippen molar-refractivity contribution in [1.82, 2.24) is 5.32 Å². The summed E-state index contributed by atoms with van der Waals surface area (Å²) in [5.74, 6) is -0.0858. The van der Waals surface area contributed by atoms with Gasteiger partial charge in [0.15, 0.2) is 0 Å². The van der Waals surface area contributed by atoms with Crippen LogP contribution in [0.2, 0.25) is 0 Å². The molecule has 3 N–H and O–H groups in total. The second-order valence-electron chi connectivity index (χ2n) is 20.0. The molecule has 1 amide bonds. The Bertz CT molecular complexity index is 1070. The van der Waals surface area contributed by atoms with E-state index in [1.54, 1.807) is 6.08 Å². The quantitative estimate of drug-likeness (QED) is 0.0321. The van der Waals surface area contributed by atoms with Gasteiger partial charge in [0, 0.05) is 12.8 Å². The molecule has 0 aromatic heterocycles. The zero-order valence-corrected chi connectivity index (χ0v) is 44.2. The summed E-state index contributed by atoms with van der Waals surface area (Å²) < 4.78 is 5.48. The van der Waals surface area contributed by atoms with Crippen LogP contribution in [0.1, 0.15) is 309 Å². The summed E-state index contributed by atoms with van der Waals surface area (Å²) in [6.07, 6.45) is 68.8. The van der Waals surface area contributed by atoms with Gasteiger partial charge in [0.2, 0.25) is 5.91 Å². The minimum absolute atomic E-state index is 0.00584. The molecule has 2 unspecified atom stereocenters. The van der Waals surface area contributed by atoms with Crippen molar-refractivity contribution in [2.45, 2.75) is 321 Å². The van der Waals surface area contributed by atoms with Crippen LogP contribution >= 0.6 is 0 Å². The first-order chi connectivity index (χ1) is 32.5. The number of allylic oxidation sites excluding steroid dienone is 5. The van der Waals surface area contributed by atoms with Crippen LogP contribution in [0.3, 0.4) is 0 Å². The summed E-state index contributed by atoms with van der Waals surface area (Å²) in [5.41, 5.74) is 0.